The van der Waals surface area contributed by atoms with Crippen LogP contribution < -0.4 is 15.4 Å². The Hall–Kier alpha value is -1.79. The van der Waals surface area contributed by atoms with Gasteiger partial charge in [-0.1, -0.05) is 12.1 Å². The van der Waals surface area contributed by atoms with Crippen LogP contribution in [0, 0.1) is 0 Å². The highest BCUT2D eigenvalue weighted by atomic mass is 16.5. The molecule has 6 nitrogen and oxygen atoms in total. The maximum Gasteiger partial charge on any atom is 0.191 e. The summed E-state index contributed by atoms with van der Waals surface area (Å²) >= 11 is 0. The summed E-state index contributed by atoms with van der Waals surface area (Å²) in [6.45, 7) is 13.9. The first-order valence-electron chi connectivity index (χ1n) is 9.93. The maximum atomic E-state index is 5.69. The predicted octanol–water partition coefficient (Wildman–Crippen LogP) is 2.29. The molecule has 1 saturated heterocycles. The van der Waals surface area contributed by atoms with Gasteiger partial charge in [-0.25, -0.2) is 0 Å². The first-order chi connectivity index (χ1) is 12.9. The number of rotatable bonds is 8. The zero-order valence-electron chi connectivity index (χ0n) is 17.5. The van der Waals surface area contributed by atoms with E-state index in [4.69, 9.17) is 9.47 Å². The van der Waals surface area contributed by atoms with E-state index in [1.807, 2.05) is 33.0 Å². The topological polar surface area (TPSA) is 58.1 Å². The van der Waals surface area contributed by atoms with Crippen molar-refractivity contribution < 1.29 is 9.47 Å². The molecule has 1 heterocycles. The normalized spacial score (nSPS) is 16.4. The quantitative estimate of drug-likeness (QED) is 0.539. The average Bonchev–Trinajstić information content (AvgIpc) is 2.66. The fraction of sp³-hybridized carbons (Fsp3) is 0.667. The van der Waals surface area contributed by atoms with Crippen LogP contribution in [0.5, 0.6) is 5.75 Å². The van der Waals surface area contributed by atoms with Gasteiger partial charge in [-0.2, -0.15) is 0 Å². The van der Waals surface area contributed by atoms with Crippen LogP contribution in [-0.2, 0) is 11.2 Å². The molecule has 1 aromatic rings. The van der Waals surface area contributed by atoms with Gasteiger partial charge in [0.25, 0.3) is 0 Å². The first-order valence-corrected chi connectivity index (χ1v) is 9.93. The van der Waals surface area contributed by atoms with Crippen molar-refractivity contribution in [3.05, 3.63) is 29.8 Å². The minimum Gasteiger partial charge on any atom is -0.491 e. The molecule has 0 radical (unpaired) electrons. The van der Waals surface area contributed by atoms with Crippen molar-refractivity contribution in [2.24, 2.45) is 4.99 Å². The van der Waals surface area contributed by atoms with Crippen molar-refractivity contribution in [1.82, 2.24) is 15.5 Å². The van der Waals surface area contributed by atoms with Crippen molar-refractivity contribution in [2.45, 2.75) is 45.8 Å². The number of nitrogens with zero attached hydrogens (tertiary/aromatic N) is 2. The van der Waals surface area contributed by atoms with Crippen LogP contribution in [0.25, 0.3) is 0 Å². The largest absolute Gasteiger partial charge is 0.491 e. The van der Waals surface area contributed by atoms with Crippen molar-refractivity contribution in [2.75, 3.05) is 46.4 Å². The van der Waals surface area contributed by atoms with Crippen LogP contribution in [0.2, 0.25) is 0 Å². The summed E-state index contributed by atoms with van der Waals surface area (Å²) in [5, 5.41) is 6.87. The Bertz CT molecular complexity index is 578. The lowest BCUT2D eigenvalue weighted by Gasteiger charge is -2.41. The summed E-state index contributed by atoms with van der Waals surface area (Å²) in [4.78, 5) is 6.82. The first kappa shape index (κ1) is 21.5. The number of ether oxygens (including phenoxy) is 2. The molecular weight excluding hydrogens is 340 g/mol. The zero-order valence-corrected chi connectivity index (χ0v) is 17.5. The van der Waals surface area contributed by atoms with E-state index < -0.39 is 0 Å². The molecule has 0 aliphatic carbocycles. The van der Waals surface area contributed by atoms with E-state index in [1.165, 1.54) is 5.56 Å². The molecule has 152 valence electrons. The molecule has 2 rings (SSSR count). The van der Waals surface area contributed by atoms with Crippen LogP contribution in [0.15, 0.2) is 29.3 Å². The molecule has 0 aromatic heterocycles. The van der Waals surface area contributed by atoms with Crippen molar-refractivity contribution in [3.8, 4) is 5.75 Å². The molecule has 0 atom stereocenters. The number of hydrogen-bond acceptors (Lipinski definition) is 4. The SMILES string of the molecule is CN=C(NCCc1ccc(OC(C)C)cc1)NCC(C)(C)N1CCOCC1. The van der Waals surface area contributed by atoms with Gasteiger partial charge in [-0.15, -0.1) is 0 Å². The number of nitrogens with one attached hydrogen (secondary N) is 2. The minimum atomic E-state index is 0.0631. The van der Waals surface area contributed by atoms with Gasteiger partial charge in [-0.3, -0.25) is 9.89 Å². The number of guanidine groups is 1. The van der Waals surface area contributed by atoms with E-state index in [2.05, 4.69) is 46.5 Å². The third-order valence-corrected chi connectivity index (χ3v) is 4.78. The Kier molecular flexibility index (Phi) is 8.38. The average molecular weight is 377 g/mol. The Morgan fingerprint density at radius 3 is 2.44 bits per heavy atom. The smallest absolute Gasteiger partial charge is 0.191 e. The van der Waals surface area contributed by atoms with Gasteiger partial charge in [0, 0.05) is 38.8 Å². The second-order valence-corrected chi connectivity index (χ2v) is 7.82. The summed E-state index contributed by atoms with van der Waals surface area (Å²) in [7, 11) is 1.81. The van der Waals surface area contributed by atoms with Crippen molar-refractivity contribution >= 4 is 5.96 Å². The summed E-state index contributed by atoms with van der Waals surface area (Å²) in [6, 6.07) is 8.31. The molecule has 2 N–H and O–H groups in total. The summed E-state index contributed by atoms with van der Waals surface area (Å²) in [6.07, 6.45) is 1.14. The van der Waals surface area contributed by atoms with E-state index in [1.54, 1.807) is 0 Å². The van der Waals surface area contributed by atoms with Gasteiger partial charge in [0.05, 0.1) is 19.3 Å². The highest BCUT2D eigenvalue weighted by Gasteiger charge is 2.28. The second-order valence-electron chi connectivity index (χ2n) is 7.82. The van der Waals surface area contributed by atoms with Gasteiger partial charge >= 0.3 is 0 Å². The molecule has 27 heavy (non-hydrogen) atoms. The predicted molar refractivity (Wildman–Crippen MR) is 112 cm³/mol. The van der Waals surface area contributed by atoms with Crippen LogP contribution in [0.4, 0.5) is 0 Å². The van der Waals surface area contributed by atoms with Gasteiger partial charge in [-0.05, 0) is 51.8 Å². The molecule has 1 aliphatic heterocycles. The number of hydrogen-bond donors (Lipinski definition) is 2. The van der Waals surface area contributed by atoms with E-state index in [0.29, 0.717) is 0 Å². The molecule has 1 aromatic carbocycles. The molecule has 6 heteroatoms. The molecule has 0 unspecified atom stereocenters. The standard InChI is InChI=1S/C21H36N4O2/c1-17(2)27-19-8-6-18(7-9-19)10-11-23-20(22-5)24-16-21(3,4)25-12-14-26-15-13-25/h6-9,17H,10-16H2,1-5H3,(H2,22,23,24). The van der Waals surface area contributed by atoms with Gasteiger partial charge in [0.15, 0.2) is 5.96 Å². The van der Waals surface area contributed by atoms with Crippen LogP contribution >= 0.6 is 0 Å². The lowest BCUT2D eigenvalue weighted by molar-refractivity contribution is -0.00833. The third kappa shape index (κ3) is 7.39. The molecular formula is C21H36N4O2. The van der Waals surface area contributed by atoms with Gasteiger partial charge < -0.3 is 20.1 Å². The second kappa shape index (κ2) is 10.5. The molecule has 1 fully saturated rings. The van der Waals surface area contributed by atoms with E-state index in [9.17, 15) is 0 Å². The summed E-state index contributed by atoms with van der Waals surface area (Å²) in [5.41, 5.74) is 1.34. The van der Waals surface area contributed by atoms with Gasteiger partial charge in [0.2, 0.25) is 0 Å². The Balaban J connectivity index is 1.73. The van der Waals surface area contributed by atoms with Crippen LogP contribution in [-0.4, -0.2) is 68.9 Å². The van der Waals surface area contributed by atoms with Crippen LogP contribution in [0.1, 0.15) is 33.3 Å². The molecule has 1 aliphatic rings. The van der Waals surface area contributed by atoms with E-state index in [0.717, 1.165) is 57.5 Å². The third-order valence-electron chi connectivity index (χ3n) is 4.78. The Labute approximate surface area is 164 Å². The van der Waals surface area contributed by atoms with Crippen molar-refractivity contribution in [3.63, 3.8) is 0 Å². The lowest BCUT2D eigenvalue weighted by Crippen LogP contribution is -2.56. The highest BCUT2D eigenvalue weighted by Crippen LogP contribution is 2.15. The van der Waals surface area contributed by atoms with Crippen molar-refractivity contribution in [1.29, 1.82) is 0 Å². The number of benzene rings is 1. The minimum absolute atomic E-state index is 0.0631. The molecule has 0 saturated carbocycles. The summed E-state index contributed by atoms with van der Waals surface area (Å²) < 4.78 is 11.1. The van der Waals surface area contributed by atoms with E-state index >= 15 is 0 Å². The fourth-order valence-corrected chi connectivity index (χ4v) is 3.13. The van der Waals surface area contributed by atoms with Gasteiger partial charge in [0.1, 0.15) is 5.75 Å². The summed E-state index contributed by atoms with van der Waals surface area (Å²) in [5.74, 6) is 1.76. The molecule has 0 bridgehead atoms. The molecule has 0 amide bonds. The highest BCUT2D eigenvalue weighted by molar-refractivity contribution is 5.79. The Morgan fingerprint density at radius 2 is 1.85 bits per heavy atom. The molecule has 0 spiro atoms. The monoisotopic (exact) mass is 376 g/mol. The Morgan fingerprint density at radius 1 is 1.19 bits per heavy atom. The zero-order chi connectivity index (χ0) is 19.7. The van der Waals surface area contributed by atoms with E-state index in [-0.39, 0.29) is 11.6 Å². The number of aliphatic imine (C=N–C) groups is 1. The number of morpholine rings is 1. The lowest BCUT2D eigenvalue weighted by atomic mass is 10.0. The maximum absolute atomic E-state index is 5.69. The van der Waals surface area contributed by atoms with Crippen LogP contribution in [0.3, 0.4) is 0 Å². The fourth-order valence-electron chi connectivity index (χ4n) is 3.13.